The standard InChI is InChI=1S/C11H15N3O/c15-11(10-8-12-6-7-13-10)14-9-4-2-1-3-5-9/h1-5,10,12-13H,6-8H2,(H,14,15). The van der Waals surface area contributed by atoms with Crippen molar-refractivity contribution >= 4 is 11.6 Å². The first kappa shape index (κ1) is 10.1. The molecule has 3 N–H and O–H groups in total. The molecule has 1 aliphatic rings. The van der Waals surface area contributed by atoms with E-state index in [4.69, 9.17) is 0 Å². The van der Waals surface area contributed by atoms with E-state index in [1.807, 2.05) is 30.3 Å². The minimum atomic E-state index is -0.126. The topological polar surface area (TPSA) is 53.2 Å². The minimum Gasteiger partial charge on any atom is -0.325 e. The van der Waals surface area contributed by atoms with Gasteiger partial charge in [-0.2, -0.15) is 0 Å². The molecule has 1 aromatic carbocycles. The van der Waals surface area contributed by atoms with Gasteiger partial charge in [-0.05, 0) is 12.1 Å². The van der Waals surface area contributed by atoms with Crippen LogP contribution in [0.1, 0.15) is 0 Å². The molecule has 1 atom stereocenters. The molecular weight excluding hydrogens is 190 g/mol. The largest absolute Gasteiger partial charge is 0.325 e. The molecule has 1 amide bonds. The van der Waals surface area contributed by atoms with E-state index in [2.05, 4.69) is 16.0 Å². The fraction of sp³-hybridized carbons (Fsp3) is 0.364. The van der Waals surface area contributed by atoms with Gasteiger partial charge in [-0.1, -0.05) is 18.2 Å². The zero-order valence-corrected chi connectivity index (χ0v) is 8.49. The van der Waals surface area contributed by atoms with Crippen molar-refractivity contribution in [3.05, 3.63) is 30.3 Å². The summed E-state index contributed by atoms with van der Waals surface area (Å²) in [5.74, 6) is 0.0217. The van der Waals surface area contributed by atoms with Gasteiger partial charge in [0.05, 0.1) is 6.04 Å². The van der Waals surface area contributed by atoms with Crippen LogP contribution in [-0.4, -0.2) is 31.6 Å². The van der Waals surface area contributed by atoms with Crippen molar-refractivity contribution in [3.63, 3.8) is 0 Å². The maximum atomic E-state index is 11.8. The number of amides is 1. The number of para-hydroxylation sites is 1. The summed E-state index contributed by atoms with van der Waals surface area (Å²) in [6, 6.07) is 9.38. The van der Waals surface area contributed by atoms with Gasteiger partial charge in [-0.3, -0.25) is 4.79 Å². The van der Waals surface area contributed by atoms with Crippen LogP contribution in [-0.2, 0) is 4.79 Å². The van der Waals surface area contributed by atoms with Gasteiger partial charge in [0, 0.05) is 25.3 Å². The fourth-order valence-corrected chi connectivity index (χ4v) is 1.59. The molecule has 2 rings (SSSR count). The first-order chi connectivity index (χ1) is 7.36. The summed E-state index contributed by atoms with van der Waals surface area (Å²) in [6.45, 7) is 2.46. The SMILES string of the molecule is O=C(Nc1ccccc1)C1CNCCN1. The Morgan fingerprint density at radius 3 is 2.73 bits per heavy atom. The van der Waals surface area contributed by atoms with Gasteiger partial charge in [0.25, 0.3) is 0 Å². The third kappa shape index (κ3) is 2.78. The number of nitrogens with one attached hydrogen (secondary N) is 3. The smallest absolute Gasteiger partial charge is 0.242 e. The minimum absolute atomic E-state index is 0.0217. The molecule has 1 fully saturated rings. The Labute approximate surface area is 89.1 Å². The second-order valence-corrected chi connectivity index (χ2v) is 3.57. The molecule has 0 aromatic heterocycles. The first-order valence-corrected chi connectivity index (χ1v) is 5.16. The number of hydrogen-bond acceptors (Lipinski definition) is 3. The van der Waals surface area contributed by atoms with Crippen LogP contribution in [0, 0.1) is 0 Å². The van der Waals surface area contributed by atoms with E-state index in [9.17, 15) is 4.79 Å². The van der Waals surface area contributed by atoms with Gasteiger partial charge in [0.15, 0.2) is 0 Å². The second-order valence-electron chi connectivity index (χ2n) is 3.57. The van der Waals surface area contributed by atoms with Crippen LogP contribution >= 0.6 is 0 Å². The van der Waals surface area contributed by atoms with Crippen molar-refractivity contribution in [1.82, 2.24) is 10.6 Å². The second kappa shape index (κ2) is 4.91. The van der Waals surface area contributed by atoms with Gasteiger partial charge >= 0.3 is 0 Å². The zero-order valence-electron chi connectivity index (χ0n) is 8.49. The number of benzene rings is 1. The molecule has 0 saturated carbocycles. The van der Waals surface area contributed by atoms with Gasteiger partial charge in [-0.25, -0.2) is 0 Å². The molecule has 0 spiro atoms. The summed E-state index contributed by atoms with van der Waals surface area (Å²) in [4.78, 5) is 11.8. The normalized spacial score (nSPS) is 20.9. The number of carbonyl (C=O) groups is 1. The predicted molar refractivity (Wildman–Crippen MR) is 59.7 cm³/mol. The highest BCUT2D eigenvalue weighted by Gasteiger charge is 2.19. The van der Waals surface area contributed by atoms with Gasteiger partial charge in [0.1, 0.15) is 0 Å². The number of carbonyl (C=O) groups excluding carboxylic acids is 1. The van der Waals surface area contributed by atoms with Crippen LogP contribution in [0.25, 0.3) is 0 Å². The van der Waals surface area contributed by atoms with E-state index in [0.29, 0.717) is 6.54 Å². The molecule has 4 nitrogen and oxygen atoms in total. The predicted octanol–water partition coefficient (Wildman–Crippen LogP) is 0.186. The van der Waals surface area contributed by atoms with Crippen LogP contribution < -0.4 is 16.0 Å². The molecule has 0 radical (unpaired) electrons. The molecule has 0 aliphatic carbocycles. The van der Waals surface area contributed by atoms with Crippen molar-refractivity contribution in [2.45, 2.75) is 6.04 Å². The van der Waals surface area contributed by atoms with E-state index < -0.39 is 0 Å². The summed E-state index contributed by atoms with van der Waals surface area (Å²) in [7, 11) is 0. The molecule has 80 valence electrons. The van der Waals surface area contributed by atoms with Gasteiger partial charge in [0.2, 0.25) is 5.91 Å². The molecule has 15 heavy (non-hydrogen) atoms. The quantitative estimate of drug-likeness (QED) is 0.646. The molecule has 1 aliphatic heterocycles. The maximum absolute atomic E-state index is 11.8. The number of anilines is 1. The van der Waals surface area contributed by atoms with Crippen molar-refractivity contribution in [3.8, 4) is 0 Å². The van der Waals surface area contributed by atoms with E-state index in [-0.39, 0.29) is 11.9 Å². The van der Waals surface area contributed by atoms with E-state index in [0.717, 1.165) is 18.8 Å². The van der Waals surface area contributed by atoms with Crippen LogP contribution in [0.4, 0.5) is 5.69 Å². The lowest BCUT2D eigenvalue weighted by atomic mass is 10.2. The van der Waals surface area contributed by atoms with Crippen LogP contribution in [0.5, 0.6) is 0 Å². The zero-order chi connectivity index (χ0) is 10.5. The number of piperazine rings is 1. The Morgan fingerprint density at radius 2 is 2.07 bits per heavy atom. The van der Waals surface area contributed by atoms with Gasteiger partial charge < -0.3 is 16.0 Å². The van der Waals surface area contributed by atoms with Gasteiger partial charge in [-0.15, -0.1) is 0 Å². The monoisotopic (exact) mass is 205 g/mol. The lowest BCUT2D eigenvalue weighted by Gasteiger charge is -2.23. The van der Waals surface area contributed by atoms with Crippen LogP contribution in [0.3, 0.4) is 0 Å². The Hall–Kier alpha value is -1.39. The molecule has 0 bridgehead atoms. The highest BCUT2D eigenvalue weighted by atomic mass is 16.2. The lowest BCUT2D eigenvalue weighted by molar-refractivity contribution is -0.118. The summed E-state index contributed by atoms with van der Waals surface area (Å²) in [5, 5.41) is 9.21. The Kier molecular flexibility index (Phi) is 3.32. The van der Waals surface area contributed by atoms with Crippen molar-refractivity contribution < 1.29 is 4.79 Å². The van der Waals surface area contributed by atoms with Crippen LogP contribution in [0.2, 0.25) is 0 Å². The lowest BCUT2D eigenvalue weighted by Crippen LogP contribution is -2.54. The molecule has 1 saturated heterocycles. The molecule has 1 heterocycles. The van der Waals surface area contributed by atoms with E-state index >= 15 is 0 Å². The highest BCUT2D eigenvalue weighted by Crippen LogP contribution is 2.05. The van der Waals surface area contributed by atoms with Crippen molar-refractivity contribution in [2.75, 3.05) is 25.0 Å². The van der Waals surface area contributed by atoms with Crippen LogP contribution in [0.15, 0.2) is 30.3 Å². The highest BCUT2D eigenvalue weighted by molar-refractivity contribution is 5.95. The van der Waals surface area contributed by atoms with Crippen molar-refractivity contribution in [1.29, 1.82) is 0 Å². The Morgan fingerprint density at radius 1 is 1.27 bits per heavy atom. The first-order valence-electron chi connectivity index (χ1n) is 5.16. The summed E-state index contributed by atoms with van der Waals surface area (Å²) < 4.78 is 0. The summed E-state index contributed by atoms with van der Waals surface area (Å²) in [5.41, 5.74) is 0.842. The number of hydrogen-bond donors (Lipinski definition) is 3. The molecule has 4 heteroatoms. The molecule has 1 aromatic rings. The molecule has 1 unspecified atom stereocenters. The van der Waals surface area contributed by atoms with Crippen molar-refractivity contribution in [2.24, 2.45) is 0 Å². The summed E-state index contributed by atoms with van der Waals surface area (Å²) in [6.07, 6.45) is 0. The molecular formula is C11H15N3O. The maximum Gasteiger partial charge on any atom is 0.242 e. The third-order valence-corrected chi connectivity index (χ3v) is 2.40. The fourth-order valence-electron chi connectivity index (χ4n) is 1.59. The Balaban J connectivity index is 1.91. The summed E-state index contributed by atoms with van der Waals surface area (Å²) >= 11 is 0. The average Bonchev–Trinajstić information content (AvgIpc) is 2.31. The average molecular weight is 205 g/mol. The Bertz CT molecular complexity index is 320. The van der Waals surface area contributed by atoms with E-state index in [1.54, 1.807) is 0 Å². The number of rotatable bonds is 2. The third-order valence-electron chi connectivity index (χ3n) is 2.40. The van der Waals surface area contributed by atoms with E-state index in [1.165, 1.54) is 0 Å².